The zero-order chi connectivity index (χ0) is 13.4. The summed E-state index contributed by atoms with van der Waals surface area (Å²) in [6.45, 7) is 5.50. The van der Waals surface area contributed by atoms with Crippen molar-refractivity contribution in [1.82, 2.24) is 0 Å². The molecule has 0 saturated heterocycles. The van der Waals surface area contributed by atoms with Crippen molar-refractivity contribution in [3.05, 3.63) is 41.0 Å². The number of hydrogen-bond donors (Lipinski definition) is 2. The second kappa shape index (κ2) is 4.58. The second-order valence-corrected chi connectivity index (χ2v) is 5.10. The number of aryl methyl sites for hydroxylation is 1. The molecule has 2 rings (SSSR count). The van der Waals surface area contributed by atoms with E-state index >= 15 is 0 Å². The predicted molar refractivity (Wildman–Crippen MR) is 69.5 cm³/mol. The fourth-order valence-electron chi connectivity index (χ4n) is 2.48. The summed E-state index contributed by atoms with van der Waals surface area (Å²) in [5, 5.41) is 19.7. The van der Waals surface area contributed by atoms with Gasteiger partial charge in [0.1, 0.15) is 5.75 Å². The quantitative estimate of drug-likeness (QED) is 0.842. The van der Waals surface area contributed by atoms with Crippen molar-refractivity contribution < 1.29 is 15.0 Å². The van der Waals surface area contributed by atoms with Crippen molar-refractivity contribution in [2.45, 2.75) is 32.8 Å². The maximum Gasteiger partial charge on any atom is 0.162 e. The van der Waals surface area contributed by atoms with Crippen LogP contribution in [0, 0.1) is 12.8 Å². The van der Waals surface area contributed by atoms with E-state index in [1.54, 1.807) is 13.0 Å². The molecule has 0 aliphatic heterocycles. The fourth-order valence-corrected chi connectivity index (χ4v) is 2.48. The number of hydrogen-bond acceptors (Lipinski definition) is 3. The van der Waals surface area contributed by atoms with Crippen LogP contribution in [0.5, 0.6) is 5.75 Å². The first-order chi connectivity index (χ1) is 8.41. The third-order valence-corrected chi connectivity index (χ3v) is 3.80. The van der Waals surface area contributed by atoms with Crippen LogP contribution < -0.4 is 0 Å². The molecule has 0 heterocycles. The molecule has 0 amide bonds. The van der Waals surface area contributed by atoms with Crippen molar-refractivity contribution in [3.8, 4) is 5.75 Å². The second-order valence-electron chi connectivity index (χ2n) is 5.10. The summed E-state index contributed by atoms with van der Waals surface area (Å²) in [7, 11) is 0. The molecular weight excluding hydrogens is 228 g/mol. The molecule has 1 aromatic carbocycles. The van der Waals surface area contributed by atoms with Gasteiger partial charge in [-0.25, -0.2) is 0 Å². The standard InChI is InChI=1S/C15H18O3/c1-8-4-5-11(7-12(8)16)10(3)14-13(17)6-9(2)15(14)18/h4-7,10,14-16,18H,1-3H3. The van der Waals surface area contributed by atoms with E-state index in [9.17, 15) is 15.0 Å². The summed E-state index contributed by atoms with van der Waals surface area (Å²) in [5.41, 5.74) is 2.39. The summed E-state index contributed by atoms with van der Waals surface area (Å²) in [6, 6.07) is 5.40. The van der Waals surface area contributed by atoms with Gasteiger partial charge in [-0.3, -0.25) is 4.79 Å². The van der Waals surface area contributed by atoms with Crippen LogP contribution in [0.25, 0.3) is 0 Å². The molecule has 1 aliphatic carbocycles. The summed E-state index contributed by atoms with van der Waals surface area (Å²) in [4.78, 5) is 11.9. The van der Waals surface area contributed by atoms with Crippen LogP contribution in [0.1, 0.15) is 30.9 Å². The van der Waals surface area contributed by atoms with Gasteiger partial charge in [0.2, 0.25) is 0 Å². The maximum absolute atomic E-state index is 11.9. The maximum atomic E-state index is 11.9. The van der Waals surface area contributed by atoms with E-state index in [-0.39, 0.29) is 17.5 Å². The Morgan fingerprint density at radius 2 is 1.94 bits per heavy atom. The third-order valence-electron chi connectivity index (χ3n) is 3.80. The first-order valence-electron chi connectivity index (χ1n) is 6.11. The van der Waals surface area contributed by atoms with Crippen LogP contribution in [-0.4, -0.2) is 22.1 Å². The predicted octanol–water partition coefficient (Wildman–Crippen LogP) is 2.31. The highest BCUT2D eigenvalue weighted by Gasteiger charge is 2.37. The van der Waals surface area contributed by atoms with E-state index in [2.05, 4.69) is 0 Å². The number of aliphatic hydroxyl groups is 1. The van der Waals surface area contributed by atoms with E-state index in [4.69, 9.17) is 0 Å². The number of carbonyl (C=O) groups excluding carboxylic acids is 1. The molecule has 18 heavy (non-hydrogen) atoms. The van der Waals surface area contributed by atoms with Gasteiger partial charge in [0.15, 0.2) is 5.78 Å². The number of phenols is 1. The molecular formula is C15H18O3. The van der Waals surface area contributed by atoms with Crippen LogP contribution in [0.3, 0.4) is 0 Å². The Morgan fingerprint density at radius 3 is 2.44 bits per heavy atom. The number of aliphatic hydroxyl groups excluding tert-OH is 1. The van der Waals surface area contributed by atoms with Crippen molar-refractivity contribution >= 4 is 5.78 Å². The van der Waals surface area contributed by atoms with Gasteiger partial charge in [-0.2, -0.15) is 0 Å². The summed E-state index contributed by atoms with van der Waals surface area (Å²) < 4.78 is 0. The Morgan fingerprint density at radius 1 is 1.28 bits per heavy atom. The number of phenolic OH excluding ortho intramolecular Hbond substituents is 1. The lowest BCUT2D eigenvalue weighted by Crippen LogP contribution is -2.27. The van der Waals surface area contributed by atoms with Crippen LogP contribution in [0.4, 0.5) is 0 Å². The third kappa shape index (κ3) is 2.06. The minimum absolute atomic E-state index is 0.0347. The lowest BCUT2D eigenvalue weighted by Gasteiger charge is -2.23. The molecule has 0 bridgehead atoms. The van der Waals surface area contributed by atoms with E-state index in [1.165, 1.54) is 6.08 Å². The molecule has 0 saturated carbocycles. The summed E-state index contributed by atoms with van der Waals surface area (Å²) in [6.07, 6.45) is 0.802. The molecule has 3 atom stereocenters. The number of rotatable bonds is 2. The first-order valence-corrected chi connectivity index (χ1v) is 6.11. The Labute approximate surface area is 107 Å². The molecule has 1 aliphatic rings. The molecule has 3 unspecified atom stereocenters. The number of carbonyl (C=O) groups is 1. The lowest BCUT2D eigenvalue weighted by molar-refractivity contribution is -0.120. The van der Waals surface area contributed by atoms with Crippen LogP contribution in [-0.2, 0) is 4.79 Å². The Hall–Kier alpha value is -1.61. The average Bonchev–Trinajstić information content (AvgIpc) is 2.56. The molecule has 0 spiro atoms. The van der Waals surface area contributed by atoms with Crippen LogP contribution in [0.2, 0.25) is 0 Å². The number of allylic oxidation sites excluding steroid dienone is 1. The van der Waals surface area contributed by atoms with Gasteiger partial charge in [0.05, 0.1) is 12.0 Å². The molecule has 3 nitrogen and oxygen atoms in total. The fraction of sp³-hybridized carbons (Fsp3) is 0.400. The zero-order valence-corrected chi connectivity index (χ0v) is 10.8. The number of aromatic hydroxyl groups is 1. The smallest absolute Gasteiger partial charge is 0.162 e. The van der Waals surface area contributed by atoms with E-state index in [0.717, 1.165) is 11.1 Å². The van der Waals surface area contributed by atoms with Crippen LogP contribution >= 0.6 is 0 Å². The first kappa shape index (κ1) is 12.8. The van der Waals surface area contributed by atoms with Gasteiger partial charge < -0.3 is 10.2 Å². The highest BCUT2D eigenvalue weighted by Crippen LogP contribution is 2.36. The van der Waals surface area contributed by atoms with Gasteiger partial charge in [0.25, 0.3) is 0 Å². The minimum atomic E-state index is -0.712. The Kier molecular flexibility index (Phi) is 3.26. The van der Waals surface area contributed by atoms with Gasteiger partial charge in [-0.1, -0.05) is 19.1 Å². The molecule has 0 aromatic heterocycles. The molecule has 96 valence electrons. The summed E-state index contributed by atoms with van der Waals surface area (Å²) >= 11 is 0. The van der Waals surface area contributed by atoms with E-state index in [0.29, 0.717) is 5.57 Å². The Balaban J connectivity index is 2.29. The highest BCUT2D eigenvalue weighted by molar-refractivity contribution is 5.96. The minimum Gasteiger partial charge on any atom is -0.508 e. The van der Waals surface area contributed by atoms with Crippen molar-refractivity contribution in [3.63, 3.8) is 0 Å². The normalized spacial score (nSPS) is 25.1. The average molecular weight is 246 g/mol. The number of benzene rings is 1. The lowest BCUT2D eigenvalue weighted by atomic mass is 9.83. The van der Waals surface area contributed by atoms with Crippen LogP contribution in [0.15, 0.2) is 29.8 Å². The van der Waals surface area contributed by atoms with Gasteiger partial charge in [-0.05, 0) is 48.6 Å². The Bertz CT molecular complexity index is 516. The van der Waals surface area contributed by atoms with Gasteiger partial charge in [0, 0.05) is 0 Å². The molecule has 2 N–H and O–H groups in total. The molecule has 0 fully saturated rings. The van der Waals surface area contributed by atoms with Crippen molar-refractivity contribution in [1.29, 1.82) is 0 Å². The summed E-state index contributed by atoms with van der Waals surface area (Å²) in [5.74, 6) is -0.365. The van der Waals surface area contributed by atoms with Gasteiger partial charge in [-0.15, -0.1) is 0 Å². The molecule has 3 heteroatoms. The highest BCUT2D eigenvalue weighted by atomic mass is 16.3. The number of ketones is 1. The van der Waals surface area contributed by atoms with E-state index in [1.807, 2.05) is 26.0 Å². The van der Waals surface area contributed by atoms with Crippen molar-refractivity contribution in [2.75, 3.05) is 0 Å². The SMILES string of the molecule is CC1=CC(=O)C(C(C)c2ccc(C)c(O)c2)C1O. The molecule has 0 radical (unpaired) electrons. The van der Waals surface area contributed by atoms with Crippen molar-refractivity contribution in [2.24, 2.45) is 5.92 Å². The topological polar surface area (TPSA) is 57.5 Å². The largest absolute Gasteiger partial charge is 0.508 e. The molecule has 1 aromatic rings. The van der Waals surface area contributed by atoms with E-state index < -0.39 is 12.0 Å². The van der Waals surface area contributed by atoms with Gasteiger partial charge >= 0.3 is 0 Å². The monoisotopic (exact) mass is 246 g/mol. The zero-order valence-electron chi connectivity index (χ0n) is 10.8.